The van der Waals surface area contributed by atoms with Gasteiger partial charge in [-0.3, -0.25) is 0 Å². The van der Waals surface area contributed by atoms with Crippen molar-refractivity contribution in [3.63, 3.8) is 0 Å². The van der Waals surface area contributed by atoms with E-state index >= 15 is 0 Å². The maximum absolute atomic E-state index is 2.66. The molecule has 0 heterocycles. The van der Waals surface area contributed by atoms with Crippen molar-refractivity contribution in [3.8, 4) is 0 Å². The summed E-state index contributed by atoms with van der Waals surface area (Å²) in [5.41, 5.74) is 3.10. The van der Waals surface area contributed by atoms with Crippen molar-refractivity contribution in [2.45, 2.75) is 66.7 Å². The molecule has 4 bridgehead atoms. The molecule has 4 aliphatic rings. The third-order valence-electron chi connectivity index (χ3n) is 8.51. The molecule has 7 atom stereocenters. The lowest BCUT2D eigenvalue weighted by Gasteiger charge is -2.53. The third-order valence-corrected chi connectivity index (χ3v) is 8.51. The lowest BCUT2D eigenvalue weighted by molar-refractivity contribution is -0.0475. The van der Waals surface area contributed by atoms with Gasteiger partial charge >= 0.3 is 0 Å². The van der Waals surface area contributed by atoms with Gasteiger partial charge in [0.25, 0.3) is 0 Å². The van der Waals surface area contributed by atoms with Crippen molar-refractivity contribution in [2.75, 3.05) is 0 Å². The number of hydrogen-bond acceptors (Lipinski definition) is 0. The van der Waals surface area contributed by atoms with E-state index in [-0.39, 0.29) is 0 Å². The van der Waals surface area contributed by atoms with Gasteiger partial charge in [0.05, 0.1) is 0 Å². The molecule has 0 amide bonds. The van der Waals surface area contributed by atoms with Crippen molar-refractivity contribution in [1.82, 2.24) is 0 Å². The summed E-state index contributed by atoms with van der Waals surface area (Å²) < 4.78 is 0. The normalized spacial score (nSPS) is 56.9. The zero-order valence-corrected chi connectivity index (χ0v) is 14.1. The van der Waals surface area contributed by atoms with Crippen LogP contribution in [0.15, 0.2) is 11.6 Å². The zero-order valence-electron chi connectivity index (χ0n) is 14.1. The van der Waals surface area contributed by atoms with Gasteiger partial charge < -0.3 is 0 Å². The van der Waals surface area contributed by atoms with Crippen LogP contribution in [0.25, 0.3) is 0 Å². The smallest absolute Gasteiger partial charge is 0.00871 e. The summed E-state index contributed by atoms with van der Waals surface area (Å²) in [6.45, 7) is 12.7. The lowest BCUT2D eigenvalue weighted by Crippen LogP contribution is -2.47. The zero-order chi connectivity index (χ0) is 14.3. The highest BCUT2D eigenvalue weighted by molar-refractivity contribution is 5.32. The average Bonchev–Trinajstić information content (AvgIpc) is 2.75. The Morgan fingerprint density at radius 2 is 1.95 bits per heavy atom. The summed E-state index contributed by atoms with van der Waals surface area (Å²) in [4.78, 5) is 0. The van der Waals surface area contributed by atoms with Gasteiger partial charge in [-0.15, -0.1) is 0 Å². The molecule has 0 aromatic heterocycles. The van der Waals surface area contributed by atoms with Crippen LogP contribution >= 0.6 is 0 Å². The number of hydrogen-bond donors (Lipinski definition) is 0. The van der Waals surface area contributed by atoms with Crippen LogP contribution < -0.4 is 0 Å². The van der Waals surface area contributed by atoms with Crippen LogP contribution in [0.4, 0.5) is 0 Å². The fourth-order valence-corrected chi connectivity index (χ4v) is 7.92. The van der Waals surface area contributed by atoms with Gasteiger partial charge in [0.15, 0.2) is 0 Å². The van der Waals surface area contributed by atoms with Gasteiger partial charge in [0.1, 0.15) is 0 Å². The monoisotopic (exact) mass is 272 g/mol. The SMILES string of the molecule is CC1=CCC2C3C(C(C)C)CCC(C)C34CCC2(C)C14. The molecule has 0 nitrogen and oxygen atoms in total. The maximum atomic E-state index is 2.66. The molecule has 0 aromatic carbocycles. The van der Waals surface area contributed by atoms with Crippen LogP contribution in [-0.2, 0) is 0 Å². The molecule has 0 N–H and O–H groups in total. The van der Waals surface area contributed by atoms with Crippen LogP contribution in [0.1, 0.15) is 66.7 Å². The Kier molecular flexibility index (Phi) is 2.63. The largest absolute Gasteiger partial charge is 0.0850 e. The first-order chi connectivity index (χ1) is 9.43. The van der Waals surface area contributed by atoms with Crippen molar-refractivity contribution in [3.05, 3.63) is 11.6 Å². The Morgan fingerprint density at radius 3 is 2.65 bits per heavy atom. The number of fused-ring (bicyclic) bond motifs is 1. The Labute approximate surface area is 125 Å². The average molecular weight is 272 g/mol. The molecule has 0 heteroatoms. The minimum absolute atomic E-state index is 0.648. The Morgan fingerprint density at radius 1 is 1.20 bits per heavy atom. The first-order valence-corrected chi connectivity index (χ1v) is 9.09. The van der Waals surface area contributed by atoms with E-state index in [1.165, 1.54) is 32.1 Å². The van der Waals surface area contributed by atoms with Crippen molar-refractivity contribution in [2.24, 2.45) is 46.3 Å². The molecule has 3 fully saturated rings. The number of allylic oxidation sites excluding steroid dienone is 2. The number of rotatable bonds is 1. The molecule has 3 saturated carbocycles. The van der Waals surface area contributed by atoms with Gasteiger partial charge in [-0.25, -0.2) is 0 Å². The highest BCUT2D eigenvalue weighted by Gasteiger charge is 2.73. The molecule has 1 spiro atoms. The third kappa shape index (κ3) is 1.26. The van der Waals surface area contributed by atoms with E-state index in [9.17, 15) is 0 Å². The maximum Gasteiger partial charge on any atom is -0.00871 e. The van der Waals surface area contributed by atoms with Crippen LogP contribution in [0.2, 0.25) is 0 Å². The predicted octanol–water partition coefficient (Wildman–Crippen LogP) is 5.69. The topological polar surface area (TPSA) is 0 Å². The van der Waals surface area contributed by atoms with E-state index in [1.807, 2.05) is 0 Å². The molecule has 0 radical (unpaired) electrons. The van der Waals surface area contributed by atoms with Gasteiger partial charge in [0.2, 0.25) is 0 Å². The molecular weight excluding hydrogens is 240 g/mol. The minimum Gasteiger partial charge on any atom is -0.0850 e. The van der Waals surface area contributed by atoms with Crippen molar-refractivity contribution < 1.29 is 0 Å². The van der Waals surface area contributed by atoms with Crippen LogP contribution in [-0.4, -0.2) is 0 Å². The summed E-state index contributed by atoms with van der Waals surface area (Å²) in [5, 5.41) is 0. The quantitative estimate of drug-likeness (QED) is 0.538. The van der Waals surface area contributed by atoms with E-state index in [4.69, 9.17) is 0 Å². The highest BCUT2D eigenvalue weighted by Crippen LogP contribution is 2.80. The molecule has 112 valence electrons. The standard InChI is InChI=1S/C20H32/c1-12(2)15-8-7-14(4)20-11-10-19(5)16(17(15)20)9-6-13(3)18(19)20/h6,12,14-18H,7-11H2,1-5H3. The molecular formula is C20H32. The van der Waals surface area contributed by atoms with Gasteiger partial charge in [-0.05, 0) is 85.4 Å². The Hall–Kier alpha value is -0.260. The van der Waals surface area contributed by atoms with Gasteiger partial charge in [0, 0.05) is 0 Å². The first-order valence-electron chi connectivity index (χ1n) is 9.09. The van der Waals surface area contributed by atoms with E-state index in [0.29, 0.717) is 10.8 Å². The van der Waals surface area contributed by atoms with Crippen LogP contribution in [0.3, 0.4) is 0 Å². The minimum atomic E-state index is 0.648. The van der Waals surface area contributed by atoms with E-state index in [1.54, 1.807) is 5.57 Å². The first kappa shape index (κ1) is 13.4. The fraction of sp³-hybridized carbons (Fsp3) is 0.900. The van der Waals surface area contributed by atoms with Gasteiger partial charge in [-0.2, -0.15) is 0 Å². The van der Waals surface area contributed by atoms with Gasteiger partial charge in [-0.1, -0.05) is 39.3 Å². The van der Waals surface area contributed by atoms with E-state index in [2.05, 4.69) is 40.7 Å². The fourth-order valence-electron chi connectivity index (χ4n) is 7.92. The van der Waals surface area contributed by atoms with Crippen LogP contribution in [0, 0.1) is 46.3 Å². The predicted molar refractivity (Wildman–Crippen MR) is 85.3 cm³/mol. The van der Waals surface area contributed by atoms with E-state index in [0.717, 1.165) is 35.5 Å². The highest BCUT2D eigenvalue weighted by atomic mass is 14.8. The Balaban J connectivity index is 1.89. The second kappa shape index (κ2) is 3.93. The molecule has 0 saturated heterocycles. The molecule has 4 rings (SSSR count). The second-order valence-electron chi connectivity index (χ2n) is 9.25. The Bertz CT molecular complexity index is 459. The van der Waals surface area contributed by atoms with Crippen LogP contribution in [0.5, 0.6) is 0 Å². The summed E-state index contributed by atoms with van der Waals surface area (Å²) in [5.74, 6) is 5.80. The summed E-state index contributed by atoms with van der Waals surface area (Å²) in [6.07, 6.45) is 10.1. The van der Waals surface area contributed by atoms with Crippen molar-refractivity contribution in [1.29, 1.82) is 0 Å². The lowest BCUT2D eigenvalue weighted by atomic mass is 9.51. The van der Waals surface area contributed by atoms with E-state index < -0.39 is 0 Å². The van der Waals surface area contributed by atoms with Crippen molar-refractivity contribution >= 4 is 0 Å². The molecule has 20 heavy (non-hydrogen) atoms. The molecule has 0 aliphatic heterocycles. The molecule has 7 unspecified atom stereocenters. The second-order valence-corrected chi connectivity index (χ2v) is 9.25. The summed E-state index contributed by atoms with van der Waals surface area (Å²) in [7, 11) is 0. The summed E-state index contributed by atoms with van der Waals surface area (Å²) in [6, 6.07) is 0. The molecule has 0 aromatic rings. The summed E-state index contributed by atoms with van der Waals surface area (Å²) >= 11 is 0. The molecule has 4 aliphatic carbocycles.